The zero-order valence-electron chi connectivity index (χ0n) is 10.6. The Morgan fingerprint density at radius 3 is 3.10 bits per heavy atom. The molecule has 2 aromatic heterocycles. The Morgan fingerprint density at radius 1 is 1.40 bits per heavy atom. The van der Waals surface area contributed by atoms with Gasteiger partial charge in [-0.25, -0.2) is 23.8 Å². The zero-order valence-corrected chi connectivity index (χ0v) is 10.6. The highest BCUT2D eigenvalue weighted by molar-refractivity contribution is 5.88. The van der Waals surface area contributed by atoms with Crippen molar-refractivity contribution in [3.63, 3.8) is 0 Å². The first kappa shape index (κ1) is 12.5. The van der Waals surface area contributed by atoms with E-state index in [1.165, 1.54) is 18.5 Å². The summed E-state index contributed by atoms with van der Waals surface area (Å²) in [4.78, 5) is 19.7. The molecule has 8 heteroatoms. The van der Waals surface area contributed by atoms with Gasteiger partial charge in [-0.05, 0) is 18.6 Å². The molecule has 2 amide bonds. The van der Waals surface area contributed by atoms with Crippen molar-refractivity contribution in [3.05, 3.63) is 36.3 Å². The molecule has 0 spiro atoms. The van der Waals surface area contributed by atoms with Crippen LogP contribution in [0.25, 0.3) is 0 Å². The van der Waals surface area contributed by atoms with E-state index in [1.54, 1.807) is 4.68 Å². The van der Waals surface area contributed by atoms with E-state index in [0.717, 1.165) is 24.9 Å². The van der Waals surface area contributed by atoms with E-state index in [9.17, 15) is 9.18 Å². The number of hydrogen-bond acceptors (Lipinski definition) is 4. The Morgan fingerprint density at radius 2 is 2.30 bits per heavy atom. The highest BCUT2D eigenvalue weighted by atomic mass is 19.1. The van der Waals surface area contributed by atoms with Gasteiger partial charge in [-0.15, -0.1) is 0 Å². The molecule has 0 saturated heterocycles. The third-order valence-corrected chi connectivity index (χ3v) is 3.11. The van der Waals surface area contributed by atoms with Gasteiger partial charge in [0.15, 0.2) is 0 Å². The summed E-state index contributed by atoms with van der Waals surface area (Å²) < 4.78 is 14.5. The lowest BCUT2D eigenvalue weighted by Gasteiger charge is -2.23. The van der Waals surface area contributed by atoms with Gasteiger partial charge >= 0.3 is 6.03 Å². The highest BCUT2D eigenvalue weighted by Gasteiger charge is 2.21. The van der Waals surface area contributed by atoms with Gasteiger partial charge in [-0.3, -0.25) is 5.32 Å². The van der Waals surface area contributed by atoms with Gasteiger partial charge in [0.05, 0.1) is 18.8 Å². The first-order chi connectivity index (χ1) is 9.70. The number of aromatic nitrogens is 4. The minimum atomic E-state index is -0.443. The number of fused-ring (bicyclic) bond motifs is 1. The van der Waals surface area contributed by atoms with Crippen LogP contribution in [0, 0.1) is 5.82 Å². The molecule has 1 atom stereocenters. The van der Waals surface area contributed by atoms with Crippen molar-refractivity contribution in [2.45, 2.75) is 25.4 Å². The van der Waals surface area contributed by atoms with Crippen molar-refractivity contribution in [2.75, 3.05) is 5.32 Å². The number of hydrogen-bond donors (Lipinski definition) is 2. The summed E-state index contributed by atoms with van der Waals surface area (Å²) >= 11 is 0. The Hall–Kier alpha value is -2.51. The fourth-order valence-corrected chi connectivity index (χ4v) is 2.14. The first-order valence-electron chi connectivity index (χ1n) is 6.26. The van der Waals surface area contributed by atoms with Gasteiger partial charge in [-0.1, -0.05) is 0 Å². The molecule has 1 aliphatic rings. The minimum Gasteiger partial charge on any atom is -0.333 e. The van der Waals surface area contributed by atoms with Crippen molar-refractivity contribution < 1.29 is 9.18 Å². The van der Waals surface area contributed by atoms with Gasteiger partial charge in [-0.2, -0.15) is 5.10 Å². The Balaban J connectivity index is 1.56. The number of carbonyl (C=O) groups is 1. The van der Waals surface area contributed by atoms with Crippen LogP contribution in [0.5, 0.6) is 0 Å². The van der Waals surface area contributed by atoms with Crippen LogP contribution in [0.2, 0.25) is 0 Å². The van der Waals surface area contributed by atoms with Crippen LogP contribution in [0.3, 0.4) is 0 Å². The fraction of sp³-hybridized carbons (Fsp3) is 0.333. The molecular weight excluding hydrogens is 263 g/mol. The minimum absolute atomic E-state index is 0.00958. The molecule has 0 fully saturated rings. The van der Waals surface area contributed by atoms with E-state index in [-0.39, 0.29) is 12.1 Å². The number of rotatable bonds is 2. The summed E-state index contributed by atoms with van der Waals surface area (Å²) in [6, 6.07) is 2.28. The van der Waals surface area contributed by atoms with Crippen LogP contribution in [-0.2, 0) is 13.0 Å². The lowest BCUT2D eigenvalue weighted by molar-refractivity contribution is 0.243. The fourth-order valence-electron chi connectivity index (χ4n) is 2.14. The van der Waals surface area contributed by atoms with Crippen molar-refractivity contribution in [1.29, 1.82) is 0 Å². The topological polar surface area (TPSA) is 84.7 Å². The van der Waals surface area contributed by atoms with Crippen molar-refractivity contribution in [2.24, 2.45) is 0 Å². The SMILES string of the molecule is O=C(Nc1ccc(F)cn1)N[C@H]1CCc2ncnn2C1. The van der Waals surface area contributed by atoms with Crippen molar-refractivity contribution in [1.82, 2.24) is 25.1 Å². The molecule has 2 N–H and O–H groups in total. The Labute approximate surface area is 114 Å². The second-order valence-corrected chi connectivity index (χ2v) is 4.55. The molecule has 0 saturated carbocycles. The van der Waals surface area contributed by atoms with Gasteiger partial charge in [0.2, 0.25) is 0 Å². The maximum absolute atomic E-state index is 12.7. The number of nitrogens with zero attached hydrogens (tertiary/aromatic N) is 4. The summed E-state index contributed by atoms with van der Waals surface area (Å²) in [5, 5.41) is 9.49. The average molecular weight is 276 g/mol. The number of aryl methyl sites for hydroxylation is 1. The summed E-state index contributed by atoms with van der Waals surface area (Å²) in [5.41, 5.74) is 0. The van der Waals surface area contributed by atoms with Crippen molar-refractivity contribution in [3.8, 4) is 0 Å². The second kappa shape index (κ2) is 5.24. The van der Waals surface area contributed by atoms with Crippen LogP contribution in [0.4, 0.5) is 15.0 Å². The third-order valence-electron chi connectivity index (χ3n) is 3.11. The van der Waals surface area contributed by atoms with Crippen LogP contribution >= 0.6 is 0 Å². The number of carbonyl (C=O) groups excluding carboxylic acids is 1. The molecule has 3 rings (SSSR count). The summed E-state index contributed by atoms with van der Waals surface area (Å²) in [6.45, 7) is 0.597. The molecule has 0 radical (unpaired) electrons. The van der Waals surface area contributed by atoms with Crippen LogP contribution in [0.1, 0.15) is 12.2 Å². The predicted octanol–water partition coefficient (Wildman–Crippen LogP) is 0.949. The van der Waals surface area contributed by atoms with E-state index in [2.05, 4.69) is 25.7 Å². The van der Waals surface area contributed by atoms with Crippen LogP contribution in [0.15, 0.2) is 24.7 Å². The summed E-state index contributed by atoms with van der Waals surface area (Å²) in [7, 11) is 0. The van der Waals surface area contributed by atoms with E-state index in [0.29, 0.717) is 12.4 Å². The lowest BCUT2D eigenvalue weighted by atomic mass is 10.1. The summed E-state index contributed by atoms with van der Waals surface area (Å²) in [6.07, 6.45) is 4.15. The smallest absolute Gasteiger partial charge is 0.320 e. The van der Waals surface area contributed by atoms with Gasteiger partial charge in [0.1, 0.15) is 23.8 Å². The predicted molar refractivity (Wildman–Crippen MR) is 68.5 cm³/mol. The van der Waals surface area contributed by atoms with Gasteiger partial charge < -0.3 is 5.32 Å². The van der Waals surface area contributed by atoms with E-state index in [1.807, 2.05) is 0 Å². The van der Waals surface area contributed by atoms with Gasteiger partial charge in [0, 0.05) is 6.42 Å². The maximum atomic E-state index is 12.7. The highest BCUT2D eigenvalue weighted by Crippen LogP contribution is 2.11. The molecule has 0 aliphatic carbocycles. The Kier molecular flexibility index (Phi) is 3.28. The largest absolute Gasteiger partial charge is 0.333 e. The number of halogens is 1. The molecule has 20 heavy (non-hydrogen) atoms. The molecule has 0 aromatic carbocycles. The maximum Gasteiger partial charge on any atom is 0.320 e. The van der Waals surface area contributed by atoms with Crippen LogP contribution in [-0.4, -0.2) is 31.8 Å². The quantitative estimate of drug-likeness (QED) is 0.855. The molecule has 7 nitrogen and oxygen atoms in total. The molecule has 0 bridgehead atoms. The molecular formula is C12H13FN6O. The number of pyridine rings is 1. The lowest BCUT2D eigenvalue weighted by Crippen LogP contribution is -2.43. The second-order valence-electron chi connectivity index (χ2n) is 4.55. The number of nitrogens with one attached hydrogen (secondary N) is 2. The van der Waals surface area contributed by atoms with E-state index >= 15 is 0 Å². The van der Waals surface area contributed by atoms with E-state index < -0.39 is 5.82 Å². The van der Waals surface area contributed by atoms with Gasteiger partial charge in [0.25, 0.3) is 0 Å². The molecule has 1 aliphatic heterocycles. The number of urea groups is 1. The normalized spacial score (nSPS) is 17.4. The average Bonchev–Trinajstić information content (AvgIpc) is 2.89. The third kappa shape index (κ3) is 2.73. The standard InChI is InChI=1S/C12H13FN6O/c13-8-1-3-10(14-5-8)18-12(20)17-9-2-4-11-15-7-16-19(11)6-9/h1,3,5,7,9H,2,4,6H2,(H2,14,17,18,20)/t9-/m0/s1. The van der Waals surface area contributed by atoms with E-state index in [4.69, 9.17) is 0 Å². The molecule has 0 unspecified atom stereocenters. The summed E-state index contributed by atoms with van der Waals surface area (Å²) in [5.74, 6) is 0.798. The zero-order chi connectivity index (χ0) is 13.9. The first-order valence-corrected chi connectivity index (χ1v) is 6.26. The number of amides is 2. The molecule has 2 aromatic rings. The van der Waals surface area contributed by atoms with Crippen molar-refractivity contribution >= 4 is 11.8 Å². The molecule has 3 heterocycles. The van der Waals surface area contributed by atoms with Crippen LogP contribution < -0.4 is 10.6 Å². The Bertz CT molecular complexity index is 611. The number of anilines is 1. The molecule has 104 valence electrons. The monoisotopic (exact) mass is 276 g/mol.